The number of rotatable bonds is 2. The van der Waals surface area contributed by atoms with E-state index in [1.165, 1.54) is 18.2 Å². The molecule has 1 aliphatic heterocycles. The lowest BCUT2D eigenvalue weighted by Crippen LogP contribution is -2.65. The smallest absolute Gasteiger partial charge is 0.416 e. The molecule has 2 aromatic rings. The number of hydrogen-bond acceptors (Lipinski definition) is 3. The molecule has 0 aromatic heterocycles. The molecule has 28 heavy (non-hydrogen) atoms. The molecule has 8 heteroatoms. The van der Waals surface area contributed by atoms with Gasteiger partial charge < -0.3 is 20.4 Å². The highest BCUT2D eigenvalue weighted by atomic mass is 32.1. The summed E-state index contributed by atoms with van der Waals surface area (Å²) in [6, 6.07) is 9.14. The van der Waals surface area contributed by atoms with Gasteiger partial charge in [-0.25, -0.2) is 0 Å². The first-order chi connectivity index (χ1) is 12.8. The molecule has 1 aliphatic rings. The highest BCUT2D eigenvalue weighted by Crippen LogP contribution is 2.46. The van der Waals surface area contributed by atoms with Crippen molar-refractivity contribution in [3.63, 3.8) is 0 Å². The fraction of sp³-hybridized carbons (Fsp3) is 0.350. The van der Waals surface area contributed by atoms with Crippen molar-refractivity contribution < 1.29 is 23.4 Å². The van der Waals surface area contributed by atoms with Gasteiger partial charge >= 0.3 is 6.18 Å². The van der Waals surface area contributed by atoms with Crippen LogP contribution < -0.4 is 10.2 Å². The average Bonchev–Trinajstić information content (AvgIpc) is 2.52. The van der Waals surface area contributed by atoms with E-state index in [-0.39, 0.29) is 22.3 Å². The van der Waals surface area contributed by atoms with Crippen molar-refractivity contribution in [1.82, 2.24) is 5.32 Å². The predicted octanol–water partition coefficient (Wildman–Crippen LogP) is 4.90. The molecule has 1 saturated heterocycles. The molecule has 0 saturated carbocycles. The van der Waals surface area contributed by atoms with Crippen LogP contribution in [0.1, 0.15) is 38.3 Å². The van der Waals surface area contributed by atoms with Crippen LogP contribution in [0, 0.1) is 0 Å². The van der Waals surface area contributed by atoms with Gasteiger partial charge in [0.2, 0.25) is 0 Å². The monoisotopic (exact) mass is 410 g/mol. The molecule has 150 valence electrons. The van der Waals surface area contributed by atoms with Gasteiger partial charge in [0.15, 0.2) is 5.11 Å². The fourth-order valence-corrected chi connectivity index (χ4v) is 4.55. The molecule has 0 radical (unpaired) electrons. The molecular formula is C20H21F3N2O2S. The normalized spacial score (nSPS) is 22.1. The van der Waals surface area contributed by atoms with Gasteiger partial charge in [0.05, 0.1) is 11.1 Å². The Labute approximate surface area is 166 Å². The SMILES string of the molecule is CC1(C)CC(C)(c2ccc(O)cc2O)N(c2cccc(C(F)(F)F)c2)C(=S)N1. The number of phenols is 2. The number of hydrogen-bond donors (Lipinski definition) is 3. The first-order valence-corrected chi connectivity index (χ1v) is 9.06. The maximum Gasteiger partial charge on any atom is 0.416 e. The Morgan fingerprint density at radius 1 is 1.07 bits per heavy atom. The number of alkyl halides is 3. The van der Waals surface area contributed by atoms with E-state index < -0.39 is 22.8 Å². The van der Waals surface area contributed by atoms with E-state index in [9.17, 15) is 23.4 Å². The van der Waals surface area contributed by atoms with Gasteiger partial charge in [-0.15, -0.1) is 0 Å². The lowest BCUT2D eigenvalue weighted by atomic mass is 9.76. The third kappa shape index (κ3) is 3.61. The molecule has 1 heterocycles. The van der Waals surface area contributed by atoms with Gasteiger partial charge in [0, 0.05) is 22.9 Å². The van der Waals surface area contributed by atoms with Crippen LogP contribution >= 0.6 is 12.2 Å². The maximum atomic E-state index is 13.2. The third-order valence-electron chi connectivity index (χ3n) is 4.92. The number of benzene rings is 2. The zero-order valence-corrected chi connectivity index (χ0v) is 16.4. The number of aromatic hydroxyl groups is 2. The van der Waals surface area contributed by atoms with Crippen LogP contribution in [0.3, 0.4) is 0 Å². The second kappa shape index (κ2) is 6.55. The third-order valence-corrected chi connectivity index (χ3v) is 5.21. The molecule has 3 rings (SSSR count). The lowest BCUT2D eigenvalue weighted by Gasteiger charge is -2.53. The molecule has 4 nitrogen and oxygen atoms in total. The van der Waals surface area contributed by atoms with Crippen molar-refractivity contribution >= 4 is 23.0 Å². The topological polar surface area (TPSA) is 55.7 Å². The summed E-state index contributed by atoms with van der Waals surface area (Å²) in [6.45, 7) is 5.67. The summed E-state index contributed by atoms with van der Waals surface area (Å²) in [6.07, 6.45) is -4.05. The summed E-state index contributed by atoms with van der Waals surface area (Å²) in [4.78, 5) is 1.59. The Kier molecular flexibility index (Phi) is 4.74. The van der Waals surface area contributed by atoms with Crippen LogP contribution in [0.15, 0.2) is 42.5 Å². The molecule has 1 unspecified atom stereocenters. The summed E-state index contributed by atoms with van der Waals surface area (Å²) in [7, 11) is 0. The zero-order chi connectivity index (χ0) is 20.9. The Morgan fingerprint density at radius 3 is 2.36 bits per heavy atom. The van der Waals surface area contributed by atoms with E-state index in [1.54, 1.807) is 17.0 Å². The Hall–Kier alpha value is -2.48. The molecule has 1 atom stereocenters. The summed E-state index contributed by atoms with van der Waals surface area (Å²) in [5.74, 6) is -0.258. The molecule has 0 aliphatic carbocycles. The largest absolute Gasteiger partial charge is 0.508 e. The maximum absolute atomic E-state index is 13.2. The Morgan fingerprint density at radius 2 is 1.75 bits per heavy atom. The molecule has 0 spiro atoms. The van der Waals surface area contributed by atoms with Crippen molar-refractivity contribution in [2.24, 2.45) is 0 Å². The minimum atomic E-state index is -4.49. The summed E-state index contributed by atoms with van der Waals surface area (Å²) in [5, 5.41) is 23.5. The fourth-order valence-electron chi connectivity index (χ4n) is 3.97. The zero-order valence-electron chi connectivity index (χ0n) is 15.6. The average molecular weight is 410 g/mol. The first-order valence-electron chi connectivity index (χ1n) is 8.66. The number of anilines is 1. The highest BCUT2D eigenvalue weighted by molar-refractivity contribution is 7.80. The molecule has 0 bridgehead atoms. The van der Waals surface area contributed by atoms with Crippen LogP contribution in [0.4, 0.5) is 18.9 Å². The van der Waals surface area contributed by atoms with Crippen LogP contribution in [-0.4, -0.2) is 20.9 Å². The van der Waals surface area contributed by atoms with Gasteiger partial charge in [-0.2, -0.15) is 13.2 Å². The second-order valence-corrected chi connectivity index (χ2v) is 8.24. The molecule has 0 amide bonds. The van der Waals surface area contributed by atoms with E-state index in [4.69, 9.17) is 12.2 Å². The number of halogens is 3. The van der Waals surface area contributed by atoms with Crippen molar-refractivity contribution in [3.05, 3.63) is 53.6 Å². The quantitative estimate of drug-likeness (QED) is 0.615. The molecule has 2 aromatic carbocycles. The van der Waals surface area contributed by atoms with Crippen molar-refractivity contribution in [3.8, 4) is 11.5 Å². The van der Waals surface area contributed by atoms with Crippen molar-refractivity contribution in [2.45, 2.75) is 44.4 Å². The van der Waals surface area contributed by atoms with Gasteiger partial charge in [-0.3, -0.25) is 0 Å². The Bertz CT molecular complexity index is 930. The highest BCUT2D eigenvalue weighted by Gasteiger charge is 2.47. The van der Waals surface area contributed by atoms with Gasteiger partial charge in [-0.1, -0.05) is 6.07 Å². The van der Waals surface area contributed by atoms with Crippen molar-refractivity contribution in [1.29, 1.82) is 0 Å². The lowest BCUT2D eigenvalue weighted by molar-refractivity contribution is -0.137. The van der Waals surface area contributed by atoms with E-state index in [0.29, 0.717) is 12.0 Å². The summed E-state index contributed by atoms with van der Waals surface area (Å²) < 4.78 is 39.7. The van der Waals surface area contributed by atoms with Crippen LogP contribution in [0.5, 0.6) is 11.5 Å². The van der Waals surface area contributed by atoms with Crippen molar-refractivity contribution in [2.75, 3.05) is 4.90 Å². The number of nitrogens with one attached hydrogen (secondary N) is 1. The standard InChI is InChI=1S/C20H21F3N2O2S/c1-18(2)11-19(3,15-8-7-14(26)10-16(15)27)25(17(28)24-18)13-6-4-5-12(9-13)20(21,22)23/h4-10,26-27H,11H2,1-3H3,(H,24,28). The number of nitrogens with zero attached hydrogens (tertiary/aromatic N) is 1. The van der Waals surface area contributed by atoms with Crippen LogP contribution in [0.25, 0.3) is 0 Å². The van der Waals surface area contributed by atoms with Crippen LogP contribution in [0.2, 0.25) is 0 Å². The second-order valence-electron chi connectivity index (χ2n) is 7.85. The number of phenolic OH excluding ortho intramolecular Hbond substituents is 2. The minimum absolute atomic E-state index is 0.105. The summed E-state index contributed by atoms with van der Waals surface area (Å²) >= 11 is 5.52. The Balaban J connectivity index is 2.20. The van der Waals surface area contributed by atoms with Gasteiger partial charge in [0.25, 0.3) is 0 Å². The molecule has 3 N–H and O–H groups in total. The van der Waals surface area contributed by atoms with E-state index in [2.05, 4.69) is 5.32 Å². The molecule has 1 fully saturated rings. The van der Waals surface area contributed by atoms with Crippen LogP contribution in [-0.2, 0) is 11.7 Å². The first kappa shape index (κ1) is 20.3. The summed E-state index contributed by atoms with van der Waals surface area (Å²) in [5.41, 5.74) is -1.48. The van der Waals surface area contributed by atoms with E-state index in [1.807, 2.05) is 20.8 Å². The van der Waals surface area contributed by atoms with Gasteiger partial charge in [0.1, 0.15) is 11.5 Å². The minimum Gasteiger partial charge on any atom is -0.508 e. The van der Waals surface area contributed by atoms with E-state index >= 15 is 0 Å². The number of thiocarbonyl (C=S) groups is 1. The molecular weight excluding hydrogens is 389 g/mol. The van der Waals surface area contributed by atoms with E-state index in [0.717, 1.165) is 12.1 Å². The predicted molar refractivity (Wildman–Crippen MR) is 105 cm³/mol. The van der Waals surface area contributed by atoms with Gasteiger partial charge in [-0.05, 0) is 69.7 Å².